The molecular formula is C19H24ClN2O2+. The van der Waals surface area contributed by atoms with E-state index in [1.54, 1.807) is 13.2 Å². The Labute approximate surface area is 148 Å². The number of aryl methyl sites for hydroxylation is 1. The number of carbonyl (C=O) groups excluding carboxylic acids is 1. The molecule has 4 nitrogen and oxygen atoms in total. The van der Waals surface area contributed by atoms with Crippen LogP contribution in [0, 0.1) is 6.92 Å². The Morgan fingerprint density at radius 3 is 2.58 bits per heavy atom. The molecule has 2 N–H and O–H groups in total. The number of anilines is 1. The first-order valence-electron chi connectivity index (χ1n) is 7.93. The molecule has 0 aromatic heterocycles. The lowest BCUT2D eigenvalue weighted by atomic mass is 10.1. The molecule has 24 heavy (non-hydrogen) atoms. The lowest BCUT2D eigenvalue weighted by molar-refractivity contribution is -0.907. The van der Waals surface area contributed by atoms with Gasteiger partial charge < -0.3 is 15.0 Å². The largest absolute Gasteiger partial charge is 0.495 e. The summed E-state index contributed by atoms with van der Waals surface area (Å²) < 4.78 is 5.31. The van der Waals surface area contributed by atoms with Gasteiger partial charge in [0.2, 0.25) is 0 Å². The molecule has 0 spiro atoms. The number of rotatable bonds is 6. The Morgan fingerprint density at radius 2 is 1.96 bits per heavy atom. The Bertz CT molecular complexity index is 704. The lowest BCUT2D eigenvalue weighted by Gasteiger charge is -2.22. The van der Waals surface area contributed by atoms with E-state index in [-0.39, 0.29) is 11.9 Å². The van der Waals surface area contributed by atoms with Gasteiger partial charge in [0.1, 0.15) is 12.3 Å². The van der Waals surface area contributed by atoms with E-state index in [2.05, 4.69) is 17.4 Å². The molecule has 0 saturated carbocycles. The van der Waals surface area contributed by atoms with Gasteiger partial charge in [-0.25, -0.2) is 0 Å². The van der Waals surface area contributed by atoms with Gasteiger partial charge in [-0.1, -0.05) is 41.9 Å². The normalized spacial score (nSPS) is 13.2. The molecular weight excluding hydrogens is 324 g/mol. The summed E-state index contributed by atoms with van der Waals surface area (Å²) in [7, 11) is 3.58. The molecule has 0 aliphatic carbocycles. The Hall–Kier alpha value is -2.04. The molecule has 2 rings (SSSR count). The number of benzene rings is 2. The predicted octanol–water partition coefficient (Wildman–Crippen LogP) is 2.70. The van der Waals surface area contributed by atoms with Crippen molar-refractivity contribution in [2.75, 3.05) is 19.5 Å². The standard InChI is InChI=1S/C19H23ClN2O2/c1-13-10-17(18(24-4)11-16(13)20)21-19(23)14(2)22(3)12-15-8-6-5-7-9-15/h5-11,14H,12H2,1-4H3,(H,21,23)/p+1/t14-/m0/s1. The van der Waals surface area contributed by atoms with Gasteiger partial charge in [-0.3, -0.25) is 4.79 Å². The third-order valence-electron chi connectivity index (χ3n) is 4.20. The molecule has 128 valence electrons. The number of likely N-dealkylation sites (N-methyl/N-ethyl adjacent to an activating group) is 1. The summed E-state index contributed by atoms with van der Waals surface area (Å²) in [5, 5.41) is 3.57. The average Bonchev–Trinajstić information content (AvgIpc) is 2.58. The maximum Gasteiger partial charge on any atom is 0.282 e. The van der Waals surface area contributed by atoms with Crippen LogP contribution in [0.3, 0.4) is 0 Å². The van der Waals surface area contributed by atoms with E-state index in [4.69, 9.17) is 16.3 Å². The number of methoxy groups -OCH3 is 1. The van der Waals surface area contributed by atoms with E-state index < -0.39 is 0 Å². The molecule has 5 heteroatoms. The first kappa shape index (κ1) is 18.3. The van der Waals surface area contributed by atoms with Gasteiger partial charge in [-0.15, -0.1) is 0 Å². The molecule has 0 fully saturated rings. The van der Waals surface area contributed by atoms with Gasteiger partial charge in [0.15, 0.2) is 6.04 Å². The molecule has 1 amide bonds. The number of ether oxygens (including phenoxy) is 1. The van der Waals surface area contributed by atoms with Crippen molar-refractivity contribution in [3.8, 4) is 5.75 Å². The average molecular weight is 348 g/mol. The molecule has 1 unspecified atom stereocenters. The smallest absolute Gasteiger partial charge is 0.282 e. The fraction of sp³-hybridized carbons (Fsp3) is 0.316. The minimum Gasteiger partial charge on any atom is -0.495 e. The van der Waals surface area contributed by atoms with E-state index in [9.17, 15) is 4.79 Å². The number of hydrogen-bond acceptors (Lipinski definition) is 2. The zero-order valence-electron chi connectivity index (χ0n) is 14.5. The van der Waals surface area contributed by atoms with Crippen LogP contribution in [0.4, 0.5) is 5.69 Å². The molecule has 0 aliphatic rings. The van der Waals surface area contributed by atoms with Crippen LogP contribution in [-0.2, 0) is 11.3 Å². The molecule has 0 bridgehead atoms. The van der Waals surface area contributed by atoms with Crippen molar-refractivity contribution in [3.63, 3.8) is 0 Å². The van der Waals surface area contributed by atoms with E-state index in [1.807, 2.05) is 45.2 Å². The van der Waals surface area contributed by atoms with Crippen molar-refractivity contribution in [3.05, 3.63) is 58.6 Å². The molecule has 0 radical (unpaired) electrons. The van der Waals surface area contributed by atoms with Crippen molar-refractivity contribution in [2.45, 2.75) is 26.4 Å². The predicted molar refractivity (Wildman–Crippen MR) is 97.9 cm³/mol. The van der Waals surface area contributed by atoms with Crippen LogP contribution in [0.1, 0.15) is 18.1 Å². The second kappa shape index (κ2) is 8.18. The Kier molecular flexibility index (Phi) is 6.23. The zero-order chi connectivity index (χ0) is 17.7. The van der Waals surface area contributed by atoms with Gasteiger partial charge in [0.25, 0.3) is 5.91 Å². The van der Waals surface area contributed by atoms with Crippen LogP contribution >= 0.6 is 11.6 Å². The second-order valence-corrected chi connectivity index (χ2v) is 6.43. The van der Waals surface area contributed by atoms with Gasteiger partial charge in [-0.2, -0.15) is 0 Å². The van der Waals surface area contributed by atoms with Gasteiger partial charge in [0.05, 0.1) is 19.8 Å². The van der Waals surface area contributed by atoms with Crippen LogP contribution in [0.25, 0.3) is 0 Å². The van der Waals surface area contributed by atoms with Crippen molar-refractivity contribution < 1.29 is 14.4 Å². The van der Waals surface area contributed by atoms with Gasteiger partial charge >= 0.3 is 0 Å². The highest BCUT2D eigenvalue weighted by molar-refractivity contribution is 6.31. The van der Waals surface area contributed by atoms with E-state index in [0.29, 0.717) is 16.5 Å². The molecule has 0 saturated heterocycles. The van der Waals surface area contributed by atoms with E-state index in [1.165, 1.54) is 5.56 Å². The Morgan fingerprint density at radius 1 is 1.29 bits per heavy atom. The first-order valence-corrected chi connectivity index (χ1v) is 8.31. The highest BCUT2D eigenvalue weighted by Crippen LogP contribution is 2.30. The number of carbonyl (C=O) groups is 1. The van der Waals surface area contributed by atoms with E-state index >= 15 is 0 Å². The molecule has 2 aromatic carbocycles. The van der Waals surface area contributed by atoms with Crippen LogP contribution in [0.15, 0.2) is 42.5 Å². The lowest BCUT2D eigenvalue weighted by Crippen LogP contribution is -3.12. The quantitative estimate of drug-likeness (QED) is 0.843. The summed E-state index contributed by atoms with van der Waals surface area (Å²) >= 11 is 6.11. The molecule has 2 aromatic rings. The molecule has 2 atom stereocenters. The molecule has 0 aliphatic heterocycles. The van der Waals surface area contributed by atoms with Crippen LogP contribution in [0.2, 0.25) is 5.02 Å². The monoisotopic (exact) mass is 347 g/mol. The minimum absolute atomic E-state index is 0.0524. The SMILES string of the molecule is COc1cc(Cl)c(C)cc1NC(=O)[C@H](C)[NH+](C)Cc1ccccc1. The third kappa shape index (κ3) is 4.49. The number of amides is 1. The van der Waals surface area contributed by atoms with Crippen molar-refractivity contribution >= 4 is 23.2 Å². The van der Waals surface area contributed by atoms with E-state index in [0.717, 1.165) is 17.0 Å². The summed E-state index contributed by atoms with van der Waals surface area (Å²) in [6.45, 7) is 4.60. The summed E-state index contributed by atoms with van der Waals surface area (Å²) in [4.78, 5) is 13.7. The number of hydrogen-bond donors (Lipinski definition) is 2. The zero-order valence-corrected chi connectivity index (χ0v) is 15.3. The van der Waals surface area contributed by atoms with Crippen LogP contribution in [0.5, 0.6) is 5.75 Å². The van der Waals surface area contributed by atoms with Gasteiger partial charge in [-0.05, 0) is 25.5 Å². The van der Waals surface area contributed by atoms with Crippen molar-refractivity contribution in [1.29, 1.82) is 0 Å². The second-order valence-electron chi connectivity index (χ2n) is 6.02. The fourth-order valence-electron chi connectivity index (χ4n) is 2.47. The maximum atomic E-state index is 12.6. The maximum absolute atomic E-state index is 12.6. The highest BCUT2D eigenvalue weighted by Gasteiger charge is 2.23. The van der Waals surface area contributed by atoms with Crippen molar-refractivity contribution in [1.82, 2.24) is 0 Å². The summed E-state index contributed by atoms with van der Waals surface area (Å²) in [5.41, 5.74) is 2.74. The van der Waals surface area contributed by atoms with Gasteiger partial charge in [0, 0.05) is 16.7 Å². The first-order chi connectivity index (χ1) is 11.4. The number of quaternary nitrogens is 1. The third-order valence-corrected chi connectivity index (χ3v) is 4.60. The molecule has 0 heterocycles. The fourth-order valence-corrected chi connectivity index (χ4v) is 2.62. The Balaban J connectivity index is 2.07. The van der Waals surface area contributed by atoms with Crippen molar-refractivity contribution in [2.24, 2.45) is 0 Å². The van der Waals surface area contributed by atoms with Crippen LogP contribution in [-0.4, -0.2) is 26.1 Å². The highest BCUT2D eigenvalue weighted by atomic mass is 35.5. The van der Waals surface area contributed by atoms with Crippen LogP contribution < -0.4 is 15.0 Å². The number of halogens is 1. The summed E-state index contributed by atoms with van der Waals surface area (Å²) in [6, 6.07) is 13.5. The summed E-state index contributed by atoms with van der Waals surface area (Å²) in [6.07, 6.45) is 0. The topological polar surface area (TPSA) is 42.8 Å². The number of nitrogens with one attached hydrogen (secondary N) is 2. The summed E-state index contributed by atoms with van der Waals surface area (Å²) in [5.74, 6) is 0.510. The minimum atomic E-state index is -0.203.